The number of hydrogen-bond donors (Lipinski definition) is 0. The molecule has 7 heteroatoms. The van der Waals surface area contributed by atoms with E-state index >= 15 is 0 Å². The number of benzene rings is 2. The van der Waals surface area contributed by atoms with Crippen molar-refractivity contribution in [1.29, 1.82) is 0 Å². The molecule has 0 atom stereocenters. The Morgan fingerprint density at radius 2 is 1.50 bits per heavy atom. The summed E-state index contributed by atoms with van der Waals surface area (Å²) in [6.45, 7) is 0.544. The Kier molecular flexibility index (Phi) is 4.35. The van der Waals surface area contributed by atoms with Crippen LogP contribution in [-0.4, -0.2) is 34.7 Å². The third-order valence-corrected chi connectivity index (χ3v) is 3.78. The second kappa shape index (κ2) is 6.59. The van der Waals surface area contributed by atoms with Crippen molar-refractivity contribution < 1.29 is 14.5 Å². The third-order valence-electron chi connectivity index (χ3n) is 3.78. The summed E-state index contributed by atoms with van der Waals surface area (Å²) in [6, 6.07) is 15.3. The number of nitrogens with zero attached hydrogens (tertiary/aromatic N) is 3. The van der Waals surface area contributed by atoms with Gasteiger partial charge in [-0.1, -0.05) is 42.5 Å². The van der Waals surface area contributed by atoms with Crippen molar-refractivity contribution in [3.63, 3.8) is 0 Å². The van der Waals surface area contributed by atoms with Gasteiger partial charge in [0.05, 0.1) is 18.0 Å². The summed E-state index contributed by atoms with van der Waals surface area (Å²) in [6.07, 6.45) is 0. The second-order valence-corrected chi connectivity index (χ2v) is 5.50. The topological polar surface area (TPSA) is 83.8 Å². The normalized spacial score (nSPS) is 15.6. The van der Waals surface area contributed by atoms with E-state index in [0.29, 0.717) is 6.54 Å². The molecular formula is C17H15N3O4. The number of carbonyl (C=O) groups is 2. The molecule has 2 aromatic rings. The Morgan fingerprint density at radius 1 is 0.917 bits per heavy atom. The van der Waals surface area contributed by atoms with Gasteiger partial charge in [-0.25, -0.2) is 4.90 Å². The van der Waals surface area contributed by atoms with Gasteiger partial charge in [0.25, 0.3) is 5.69 Å². The van der Waals surface area contributed by atoms with Gasteiger partial charge in [0.2, 0.25) is 11.8 Å². The van der Waals surface area contributed by atoms with Crippen LogP contribution in [0.2, 0.25) is 0 Å². The van der Waals surface area contributed by atoms with Gasteiger partial charge in [0.1, 0.15) is 5.69 Å². The summed E-state index contributed by atoms with van der Waals surface area (Å²) < 4.78 is 0. The lowest BCUT2D eigenvalue weighted by atomic mass is 10.1. The molecule has 0 aliphatic carbocycles. The number of anilines is 1. The van der Waals surface area contributed by atoms with Gasteiger partial charge in [-0.15, -0.1) is 0 Å². The Balaban J connectivity index is 1.81. The van der Waals surface area contributed by atoms with Gasteiger partial charge in [0.15, 0.2) is 0 Å². The monoisotopic (exact) mass is 325 g/mol. The zero-order valence-electron chi connectivity index (χ0n) is 12.8. The first-order valence-electron chi connectivity index (χ1n) is 7.42. The maximum atomic E-state index is 12.4. The number of para-hydroxylation sites is 2. The minimum absolute atomic E-state index is 0.0249. The standard InChI is InChI=1S/C17H15N3O4/c21-16-11-18(10-13-6-2-1-3-7-13)12-17(22)19(16)14-8-4-5-9-15(14)20(23)24/h1-9H,10-12H2. The van der Waals surface area contributed by atoms with Gasteiger partial charge in [-0.05, 0) is 11.6 Å². The van der Waals surface area contributed by atoms with E-state index in [0.717, 1.165) is 10.5 Å². The molecule has 0 bridgehead atoms. The summed E-state index contributed by atoms with van der Waals surface area (Å²) >= 11 is 0. The van der Waals surface area contributed by atoms with Crippen molar-refractivity contribution in [2.24, 2.45) is 0 Å². The highest BCUT2D eigenvalue weighted by Gasteiger charge is 2.35. The molecule has 0 radical (unpaired) electrons. The Hall–Kier alpha value is -3.06. The van der Waals surface area contributed by atoms with Crippen LogP contribution in [0.1, 0.15) is 5.56 Å². The Labute approximate surface area is 138 Å². The van der Waals surface area contributed by atoms with Crippen molar-refractivity contribution in [3.8, 4) is 0 Å². The summed E-state index contributed by atoms with van der Waals surface area (Å²) in [7, 11) is 0. The van der Waals surface area contributed by atoms with Gasteiger partial charge in [-0.3, -0.25) is 24.6 Å². The molecule has 122 valence electrons. The molecule has 3 rings (SSSR count). The molecule has 1 aliphatic heterocycles. The molecule has 0 unspecified atom stereocenters. The fourth-order valence-corrected chi connectivity index (χ4v) is 2.75. The van der Waals surface area contributed by atoms with E-state index in [2.05, 4.69) is 0 Å². The van der Waals surface area contributed by atoms with Crippen LogP contribution < -0.4 is 4.90 Å². The summed E-state index contributed by atoms with van der Waals surface area (Å²) in [5.41, 5.74) is 0.768. The number of carbonyl (C=O) groups excluding carboxylic acids is 2. The molecule has 0 saturated carbocycles. The number of amides is 2. The van der Waals surface area contributed by atoms with Crippen LogP contribution in [0.25, 0.3) is 0 Å². The van der Waals surface area contributed by atoms with Crippen LogP contribution >= 0.6 is 0 Å². The molecule has 7 nitrogen and oxygen atoms in total. The largest absolute Gasteiger partial charge is 0.293 e. The van der Waals surface area contributed by atoms with E-state index in [1.165, 1.54) is 18.2 Å². The van der Waals surface area contributed by atoms with Gasteiger partial charge in [0, 0.05) is 12.6 Å². The quantitative estimate of drug-likeness (QED) is 0.487. The first kappa shape index (κ1) is 15.8. The molecule has 1 heterocycles. The molecule has 0 spiro atoms. The average Bonchev–Trinajstić information content (AvgIpc) is 2.55. The lowest BCUT2D eigenvalue weighted by molar-refractivity contribution is -0.384. The zero-order valence-corrected chi connectivity index (χ0v) is 12.8. The highest BCUT2D eigenvalue weighted by atomic mass is 16.6. The predicted molar refractivity (Wildman–Crippen MR) is 87.3 cm³/mol. The van der Waals surface area contributed by atoms with Crippen molar-refractivity contribution in [1.82, 2.24) is 4.90 Å². The van der Waals surface area contributed by atoms with Gasteiger partial charge >= 0.3 is 0 Å². The summed E-state index contributed by atoms with van der Waals surface area (Å²) in [5.74, 6) is -0.923. The number of hydrogen-bond acceptors (Lipinski definition) is 5. The fraction of sp³-hybridized carbons (Fsp3) is 0.176. The number of nitro benzene ring substituents is 1. The number of rotatable bonds is 4. The van der Waals surface area contributed by atoms with Crippen LogP contribution in [0.3, 0.4) is 0 Å². The molecule has 2 amide bonds. The second-order valence-electron chi connectivity index (χ2n) is 5.50. The smallest absolute Gasteiger partial charge is 0.281 e. The highest BCUT2D eigenvalue weighted by Crippen LogP contribution is 2.29. The highest BCUT2D eigenvalue weighted by molar-refractivity contribution is 6.18. The van der Waals surface area contributed by atoms with E-state index in [1.807, 2.05) is 30.3 Å². The molecule has 1 fully saturated rings. The molecule has 24 heavy (non-hydrogen) atoms. The predicted octanol–water partition coefficient (Wildman–Crippen LogP) is 1.97. The van der Waals surface area contributed by atoms with Crippen molar-refractivity contribution >= 4 is 23.2 Å². The van der Waals surface area contributed by atoms with Crippen LogP contribution in [-0.2, 0) is 16.1 Å². The fourth-order valence-electron chi connectivity index (χ4n) is 2.75. The SMILES string of the molecule is O=C1CN(Cc2ccccc2)CC(=O)N1c1ccccc1[N+](=O)[O-]. The lowest BCUT2D eigenvalue weighted by Gasteiger charge is -2.32. The van der Waals surface area contributed by atoms with E-state index in [-0.39, 0.29) is 24.5 Å². The van der Waals surface area contributed by atoms with E-state index in [4.69, 9.17) is 0 Å². The maximum Gasteiger partial charge on any atom is 0.293 e. The summed E-state index contributed by atoms with van der Waals surface area (Å²) in [4.78, 5) is 38.0. The first-order chi connectivity index (χ1) is 11.6. The van der Waals surface area contributed by atoms with Crippen molar-refractivity contribution in [2.45, 2.75) is 6.54 Å². The Morgan fingerprint density at radius 3 is 2.12 bits per heavy atom. The van der Waals surface area contributed by atoms with Crippen molar-refractivity contribution in [2.75, 3.05) is 18.0 Å². The summed E-state index contributed by atoms with van der Waals surface area (Å²) in [5, 5.41) is 11.1. The minimum Gasteiger partial charge on any atom is -0.281 e. The van der Waals surface area contributed by atoms with Crippen LogP contribution in [0.4, 0.5) is 11.4 Å². The molecule has 1 aliphatic rings. The van der Waals surface area contributed by atoms with Crippen molar-refractivity contribution in [3.05, 3.63) is 70.3 Å². The molecule has 0 N–H and O–H groups in total. The third kappa shape index (κ3) is 3.16. The zero-order chi connectivity index (χ0) is 17.1. The first-order valence-corrected chi connectivity index (χ1v) is 7.42. The van der Waals surface area contributed by atoms with E-state index in [9.17, 15) is 19.7 Å². The maximum absolute atomic E-state index is 12.4. The van der Waals surface area contributed by atoms with E-state index < -0.39 is 16.7 Å². The Bertz CT molecular complexity index is 773. The van der Waals surface area contributed by atoms with Crippen LogP contribution in [0.15, 0.2) is 54.6 Å². The number of piperazine rings is 1. The van der Waals surface area contributed by atoms with Gasteiger partial charge in [-0.2, -0.15) is 0 Å². The number of nitro groups is 1. The van der Waals surface area contributed by atoms with Crippen LogP contribution in [0.5, 0.6) is 0 Å². The van der Waals surface area contributed by atoms with Crippen LogP contribution in [0, 0.1) is 10.1 Å². The molecule has 2 aromatic carbocycles. The molecule has 0 aromatic heterocycles. The van der Waals surface area contributed by atoms with Gasteiger partial charge < -0.3 is 0 Å². The molecule has 1 saturated heterocycles. The number of imide groups is 1. The minimum atomic E-state index is -0.591. The van der Waals surface area contributed by atoms with E-state index in [1.54, 1.807) is 11.0 Å². The average molecular weight is 325 g/mol. The molecular weight excluding hydrogens is 310 g/mol. The lowest BCUT2D eigenvalue weighted by Crippen LogP contribution is -2.54.